The highest BCUT2D eigenvalue weighted by molar-refractivity contribution is 7.67. The number of nitrogens with zero attached hydrogens (tertiary/aromatic N) is 3. The van der Waals surface area contributed by atoms with Crippen molar-refractivity contribution in [1.29, 1.82) is 0 Å². The van der Waals surface area contributed by atoms with E-state index < -0.39 is 7.87 Å². The average molecular weight is 394 g/mol. The number of ether oxygens (including phenoxy) is 2. The van der Waals surface area contributed by atoms with Crippen LogP contribution in [-0.2, 0) is 9.47 Å². The molecule has 0 saturated heterocycles. The van der Waals surface area contributed by atoms with Crippen LogP contribution in [0.1, 0.15) is 59.3 Å². The fourth-order valence-corrected chi connectivity index (χ4v) is 7.13. The second-order valence-electron chi connectivity index (χ2n) is 7.04. The van der Waals surface area contributed by atoms with Gasteiger partial charge < -0.3 is 9.47 Å². The van der Waals surface area contributed by atoms with Gasteiger partial charge in [-0.15, -0.1) is 19.1 Å². The molecule has 0 rings (SSSR count). The van der Waals surface area contributed by atoms with Crippen molar-refractivity contribution in [3.8, 4) is 0 Å². The molecule has 0 atom stereocenters. The molecule has 0 aliphatic heterocycles. The highest BCUT2D eigenvalue weighted by Crippen LogP contribution is 2.62. The molecule has 6 nitrogen and oxygen atoms in total. The van der Waals surface area contributed by atoms with Crippen LogP contribution in [0.4, 0.5) is 0 Å². The van der Waals surface area contributed by atoms with Gasteiger partial charge in [-0.25, -0.2) is 0 Å². The maximum Gasteiger partial charge on any atom is 0.305 e. The summed E-state index contributed by atoms with van der Waals surface area (Å²) in [4.78, 5) is 0. The second-order valence-corrected chi connectivity index (χ2v) is 10.5. The summed E-state index contributed by atoms with van der Waals surface area (Å²) >= 11 is 0. The monoisotopic (exact) mass is 393 g/mol. The van der Waals surface area contributed by atoms with Crippen molar-refractivity contribution in [1.82, 2.24) is 19.1 Å². The van der Waals surface area contributed by atoms with Crippen molar-refractivity contribution in [2.45, 2.75) is 65.6 Å². The van der Waals surface area contributed by atoms with Crippen molar-refractivity contribution in [3.63, 3.8) is 0 Å². The summed E-state index contributed by atoms with van der Waals surface area (Å²) in [7, 11) is 8.39. The topological polar surface area (TPSA) is 40.2 Å². The minimum absolute atomic E-state index is 0.229. The van der Waals surface area contributed by atoms with E-state index in [1.54, 1.807) is 14.2 Å². The molecule has 1 N–H and O–H groups in total. The summed E-state index contributed by atoms with van der Waals surface area (Å²) in [6.07, 6.45) is 7.03. The Morgan fingerprint density at radius 3 is 1.35 bits per heavy atom. The van der Waals surface area contributed by atoms with Crippen LogP contribution in [0.15, 0.2) is 0 Å². The quantitative estimate of drug-likeness (QED) is 0.297. The van der Waals surface area contributed by atoms with E-state index in [2.05, 4.69) is 61.0 Å². The Bertz CT molecular complexity index is 297. The standard InChI is InChI=1S/C19H46N4O2P/c1-9-12-15-21(4)26(22(5)16-13-10-2,23(6)17-14-11-3)20-18-19(24-7)25-8/h19-20H,9-18H2,1-8H3/q+1. The lowest BCUT2D eigenvalue weighted by molar-refractivity contribution is -0.0965. The zero-order valence-electron chi connectivity index (χ0n) is 18.8. The first-order valence-corrected chi connectivity index (χ1v) is 11.9. The Hall–Kier alpha value is 0.190. The van der Waals surface area contributed by atoms with Gasteiger partial charge in [-0.05, 0) is 19.3 Å². The van der Waals surface area contributed by atoms with Crippen molar-refractivity contribution in [2.24, 2.45) is 0 Å². The summed E-state index contributed by atoms with van der Waals surface area (Å²) in [5.41, 5.74) is 0. The molecule has 0 amide bonds. The highest BCUT2D eigenvalue weighted by atomic mass is 31.2. The van der Waals surface area contributed by atoms with E-state index in [-0.39, 0.29) is 6.29 Å². The largest absolute Gasteiger partial charge is 0.354 e. The molecule has 0 aromatic rings. The molecule has 0 aliphatic rings. The van der Waals surface area contributed by atoms with Crippen LogP contribution >= 0.6 is 7.87 Å². The summed E-state index contributed by atoms with van der Waals surface area (Å²) in [6.45, 7) is 10.7. The van der Waals surface area contributed by atoms with Gasteiger partial charge in [0.15, 0.2) is 6.29 Å². The molecule has 158 valence electrons. The van der Waals surface area contributed by atoms with Crippen molar-refractivity contribution in [2.75, 3.05) is 61.5 Å². The number of hydrogen-bond acceptors (Lipinski definition) is 6. The van der Waals surface area contributed by atoms with E-state index in [9.17, 15) is 0 Å². The van der Waals surface area contributed by atoms with E-state index in [1.807, 2.05) is 0 Å². The van der Waals surface area contributed by atoms with Crippen LogP contribution in [0.2, 0.25) is 0 Å². The Labute approximate surface area is 164 Å². The number of unbranched alkanes of at least 4 members (excludes halogenated alkanes) is 3. The third-order valence-corrected chi connectivity index (χ3v) is 8.99. The third kappa shape index (κ3) is 8.05. The van der Waals surface area contributed by atoms with Crippen LogP contribution in [0, 0.1) is 0 Å². The average Bonchev–Trinajstić information content (AvgIpc) is 2.65. The minimum Gasteiger partial charge on any atom is -0.354 e. The lowest BCUT2D eigenvalue weighted by Crippen LogP contribution is -2.50. The Balaban J connectivity index is 5.62. The van der Waals surface area contributed by atoms with Gasteiger partial charge in [-0.1, -0.05) is 40.0 Å². The van der Waals surface area contributed by atoms with Crippen molar-refractivity contribution in [3.05, 3.63) is 0 Å². The van der Waals surface area contributed by atoms with Gasteiger partial charge >= 0.3 is 7.87 Å². The molecule has 0 aliphatic carbocycles. The zero-order chi connectivity index (χ0) is 20.0. The van der Waals surface area contributed by atoms with Crippen LogP contribution in [0.25, 0.3) is 0 Å². The number of rotatable bonds is 17. The molecule has 0 fully saturated rings. The van der Waals surface area contributed by atoms with E-state index in [1.165, 1.54) is 38.5 Å². The molecule has 7 heteroatoms. The number of methoxy groups -OCH3 is 2. The smallest absolute Gasteiger partial charge is 0.305 e. The number of nitrogens with one attached hydrogen (secondary N) is 1. The van der Waals surface area contributed by atoms with E-state index in [4.69, 9.17) is 9.47 Å². The molecule has 26 heavy (non-hydrogen) atoms. The van der Waals surface area contributed by atoms with E-state index in [0.717, 1.165) is 19.6 Å². The Kier molecular flexibility index (Phi) is 15.3. The van der Waals surface area contributed by atoms with Gasteiger partial charge in [0.1, 0.15) is 0 Å². The zero-order valence-corrected chi connectivity index (χ0v) is 19.6. The molecule has 0 bridgehead atoms. The molecule has 0 spiro atoms. The molecule has 0 heterocycles. The Morgan fingerprint density at radius 2 is 1.08 bits per heavy atom. The molecule has 0 aromatic carbocycles. The Morgan fingerprint density at radius 1 is 0.731 bits per heavy atom. The van der Waals surface area contributed by atoms with Crippen LogP contribution in [0.5, 0.6) is 0 Å². The lowest BCUT2D eigenvalue weighted by Gasteiger charge is -2.44. The van der Waals surface area contributed by atoms with Gasteiger partial charge in [0.05, 0.1) is 6.54 Å². The highest BCUT2D eigenvalue weighted by Gasteiger charge is 2.52. The number of hydrogen-bond donors (Lipinski definition) is 1. The molecule has 0 aromatic heterocycles. The van der Waals surface area contributed by atoms with Crippen LogP contribution in [0.3, 0.4) is 0 Å². The predicted molar refractivity (Wildman–Crippen MR) is 115 cm³/mol. The molecule has 0 radical (unpaired) electrons. The summed E-state index contributed by atoms with van der Waals surface area (Å²) in [5, 5.41) is 3.90. The maximum absolute atomic E-state index is 5.46. The lowest BCUT2D eigenvalue weighted by atomic mass is 10.3. The second kappa shape index (κ2) is 15.2. The van der Waals surface area contributed by atoms with Crippen molar-refractivity contribution >= 4 is 7.87 Å². The molecule has 0 saturated carbocycles. The third-order valence-electron chi connectivity index (χ3n) is 4.93. The molecule has 0 unspecified atom stereocenters. The normalized spacial score (nSPS) is 12.9. The first-order valence-electron chi connectivity index (χ1n) is 10.3. The maximum atomic E-state index is 5.46. The predicted octanol–water partition coefficient (Wildman–Crippen LogP) is 4.07. The first-order chi connectivity index (χ1) is 12.4. The van der Waals surface area contributed by atoms with E-state index in [0.29, 0.717) is 6.54 Å². The van der Waals surface area contributed by atoms with Crippen molar-refractivity contribution < 1.29 is 9.47 Å². The van der Waals surface area contributed by atoms with E-state index >= 15 is 0 Å². The van der Waals surface area contributed by atoms with Gasteiger partial charge in [0.2, 0.25) is 0 Å². The summed E-state index contributed by atoms with van der Waals surface area (Å²) < 4.78 is 18.6. The molecular weight excluding hydrogens is 347 g/mol. The molecular formula is C19H46N4O2P+. The van der Waals surface area contributed by atoms with Crippen LogP contribution in [-0.4, -0.2) is 81.8 Å². The fraction of sp³-hybridized carbons (Fsp3) is 1.00. The summed E-state index contributed by atoms with van der Waals surface area (Å²) in [5.74, 6) is 0. The van der Waals surface area contributed by atoms with Gasteiger partial charge in [-0.3, -0.25) is 0 Å². The SMILES string of the molecule is CCCCN(C)[P+](NCC(OC)OC)(N(C)CCCC)N(C)CCCC. The van der Waals surface area contributed by atoms with Gasteiger partial charge in [0.25, 0.3) is 0 Å². The first kappa shape index (κ1) is 26.2. The summed E-state index contributed by atoms with van der Waals surface area (Å²) in [6, 6.07) is 0. The minimum atomic E-state index is -1.85. The van der Waals surface area contributed by atoms with Crippen LogP contribution < -0.4 is 5.09 Å². The van der Waals surface area contributed by atoms with Gasteiger partial charge in [-0.2, -0.15) is 0 Å². The van der Waals surface area contributed by atoms with Gasteiger partial charge in [0, 0.05) is 55.0 Å². The fourth-order valence-electron chi connectivity index (χ4n) is 3.18.